The Morgan fingerprint density at radius 3 is 2.84 bits per heavy atom. The molecule has 0 bridgehead atoms. The Kier molecular flexibility index (Phi) is 3.40. The third kappa shape index (κ3) is 2.72. The molecule has 4 heteroatoms. The highest BCUT2D eigenvalue weighted by Gasteiger charge is 2.05. The molecule has 0 aliphatic rings. The van der Waals surface area contributed by atoms with Gasteiger partial charge in [0.05, 0.1) is 4.34 Å². The Balaban J connectivity index is 1.90. The molecule has 1 aromatic carbocycles. The van der Waals surface area contributed by atoms with Crippen LogP contribution in [-0.2, 0) is 6.61 Å². The van der Waals surface area contributed by atoms with E-state index in [1.165, 1.54) is 11.3 Å². The highest BCUT2D eigenvalue weighted by atomic mass is 35.5. The quantitative estimate of drug-likeness (QED) is 0.688. The summed E-state index contributed by atoms with van der Waals surface area (Å²) in [6, 6.07) is 13.9. The summed E-state index contributed by atoms with van der Waals surface area (Å²) in [4.78, 5) is 5.65. The van der Waals surface area contributed by atoms with Gasteiger partial charge in [0.1, 0.15) is 17.9 Å². The molecule has 2 nitrogen and oxygen atoms in total. The predicted molar refractivity (Wildman–Crippen MR) is 80.1 cm³/mol. The van der Waals surface area contributed by atoms with Crippen molar-refractivity contribution in [2.24, 2.45) is 0 Å². The van der Waals surface area contributed by atoms with Crippen LogP contribution in [0.2, 0.25) is 4.34 Å². The van der Waals surface area contributed by atoms with Gasteiger partial charge in [-0.05, 0) is 31.2 Å². The van der Waals surface area contributed by atoms with Gasteiger partial charge in [-0.15, -0.1) is 11.3 Å². The molecule has 3 aromatic rings. The Labute approximate surface area is 120 Å². The van der Waals surface area contributed by atoms with Crippen molar-refractivity contribution in [2.45, 2.75) is 13.5 Å². The molecule has 3 rings (SSSR count). The molecule has 0 unspecified atom stereocenters. The van der Waals surface area contributed by atoms with Crippen LogP contribution in [0.1, 0.15) is 10.6 Å². The van der Waals surface area contributed by atoms with Crippen molar-refractivity contribution in [2.75, 3.05) is 0 Å². The first-order valence-corrected chi connectivity index (χ1v) is 7.15. The number of ether oxygens (including phenoxy) is 1. The maximum atomic E-state index is 5.91. The van der Waals surface area contributed by atoms with E-state index in [2.05, 4.69) is 11.1 Å². The van der Waals surface area contributed by atoms with Crippen LogP contribution in [0.4, 0.5) is 0 Å². The number of fused-ring (bicyclic) bond motifs is 1. The van der Waals surface area contributed by atoms with Crippen molar-refractivity contribution >= 4 is 33.8 Å². The minimum absolute atomic E-state index is 0.520. The third-order valence-electron chi connectivity index (χ3n) is 2.82. The first-order chi connectivity index (χ1) is 9.22. The highest BCUT2D eigenvalue weighted by molar-refractivity contribution is 7.16. The van der Waals surface area contributed by atoms with E-state index in [1.54, 1.807) is 0 Å². The van der Waals surface area contributed by atoms with Gasteiger partial charge in [-0.2, -0.15) is 0 Å². The number of pyridine rings is 1. The van der Waals surface area contributed by atoms with E-state index >= 15 is 0 Å². The summed E-state index contributed by atoms with van der Waals surface area (Å²) < 4.78 is 6.65. The summed E-state index contributed by atoms with van der Waals surface area (Å²) >= 11 is 7.44. The second-order valence-electron chi connectivity index (χ2n) is 4.27. The zero-order chi connectivity index (χ0) is 13.2. The van der Waals surface area contributed by atoms with Gasteiger partial charge in [-0.1, -0.05) is 29.8 Å². The van der Waals surface area contributed by atoms with Crippen LogP contribution < -0.4 is 4.74 Å². The molecule has 0 fully saturated rings. The van der Waals surface area contributed by atoms with E-state index in [4.69, 9.17) is 16.3 Å². The Hall–Kier alpha value is -1.58. The lowest BCUT2D eigenvalue weighted by Crippen LogP contribution is -1.95. The number of rotatable bonds is 3. The maximum absolute atomic E-state index is 5.91. The molecule has 96 valence electrons. The second-order valence-corrected chi connectivity index (χ2v) is 6.07. The van der Waals surface area contributed by atoms with Gasteiger partial charge in [0.25, 0.3) is 0 Å². The number of hydrogen-bond donors (Lipinski definition) is 0. The average Bonchev–Trinajstić information content (AvgIpc) is 2.82. The molecule has 0 spiro atoms. The van der Waals surface area contributed by atoms with E-state index in [1.807, 2.05) is 43.3 Å². The van der Waals surface area contributed by atoms with Crippen molar-refractivity contribution < 1.29 is 4.74 Å². The van der Waals surface area contributed by atoms with Crippen LogP contribution in [0.5, 0.6) is 5.75 Å². The van der Waals surface area contributed by atoms with Crippen LogP contribution in [-0.4, -0.2) is 4.98 Å². The zero-order valence-corrected chi connectivity index (χ0v) is 12.0. The molecular weight excluding hydrogens is 278 g/mol. The van der Waals surface area contributed by atoms with E-state index in [0.717, 1.165) is 31.6 Å². The topological polar surface area (TPSA) is 22.1 Å². The number of hydrogen-bond acceptors (Lipinski definition) is 3. The van der Waals surface area contributed by atoms with Crippen molar-refractivity contribution in [3.63, 3.8) is 0 Å². The molecule has 0 atom stereocenters. The number of nitrogens with zero attached hydrogens (tertiary/aromatic N) is 1. The first kappa shape index (κ1) is 12.5. The minimum Gasteiger partial charge on any atom is -0.486 e. The fourth-order valence-corrected chi connectivity index (χ4v) is 2.91. The van der Waals surface area contributed by atoms with Gasteiger partial charge in [-0.3, -0.25) is 0 Å². The molecule has 0 saturated carbocycles. The first-order valence-electron chi connectivity index (χ1n) is 5.96. The van der Waals surface area contributed by atoms with E-state index < -0.39 is 0 Å². The van der Waals surface area contributed by atoms with Crippen LogP contribution in [0, 0.1) is 6.92 Å². The molecule has 0 aliphatic carbocycles. The SMILES string of the molecule is Cc1ccc2cccc(OCc3ccc(Cl)s3)c2n1. The van der Waals surface area contributed by atoms with Crippen LogP contribution in [0.3, 0.4) is 0 Å². The molecular formula is C15H12ClNOS. The van der Waals surface area contributed by atoms with Crippen LogP contribution in [0.25, 0.3) is 10.9 Å². The minimum atomic E-state index is 0.520. The smallest absolute Gasteiger partial charge is 0.146 e. The molecule has 2 aromatic heterocycles. The molecule has 0 aliphatic heterocycles. The lowest BCUT2D eigenvalue weighted by atomic mass is 10.2. The highest BCUT2D eigenvalue weighted by Crippen LogP contribution is 2.27. The van der Waals surface area contributed by atoms with Crippen LogP contribution >= 0.6 is 22.9 Å². The lowest BCUT2D eigenvalue weighted by Gasteiger charge is -2.08. The Morgan fingerprint density at radius 1 is 1.16 bits per heavy atom. The Morgan fingerprint density at radius 2 is 2.05 bits per heavy atom. The van der Waals surface area contributed by atoms with Gasteiger partial charge < -0.3 is 4.74 Å². The summed E-state index contributed by atoms with van der Waals surface area (Å²) in [6.07, 6.45) is 0. The monoisotopic (exact) mass is 289 g/mol. The van der Waals surface area contributed by atoms with E-state index in [0.29, 0.717) is 6.61 Å². The summed E-state index contributed by atoms with van der Waals surface area (Å²) in [5.74, 6) is 0.811. The van der Waals surface area contributed by atoms with Crippen molar-refractivity contribution in [3.8, 4) is 5.75 Å². The second kappa shape index (κ2) is 5.19. The van der Waals surface area contributed by atoms with Gasteiger partial charge in [0, 0.05) is 16.0 Å². The number of halogens is 1. The largest absolute Gasteiger partial charge is 0.486 e. The number of thiophene rings is 1. The molecule has 19 heavy (non-hydrogen) atoms. The molecule has 0 saturated heterocycles. The molecule has 0 radical (unpaired) electrons. The molecule has 0 N–H and O–H groups in total. The summed E-state index contributed by atoms with van der Waals surface area (Å²) in [5, 5.41) is 1.09. The maximum Gasteiger partial charge on any atom is 0.146 e. The summed E-state index contributed by atoms with van der Waals surface area (Å²) in [6.45, 7) is 2.50. The van der Waals surface area contributed by atoms with E-state index in [-0.39, 0.29) is 0 Å². The van der Waals surface area contributed by atoms with Crippen molar-refractivity contribution in [3.05, 3.63) is 57.4 Å². The average molecular weight is 290 g/mol. The molecule has 2 heterocycles. The predicted octanol–water partition coefficient (Wildman–Crippen LogP) is 4.84. The fourth-order valence-electron chi connectivity index (χ4n) is 1.91. The molecule has 0 amide bonds. The fraction of sp³-hybridized carbons (Fsp3) is 0.133. The van der Waals surface area contributed by atoms with Gasteiger partial charge in [0.2, 0.25) is 0 Å². The van der Waals surface area contributed by atoms with Gasteiger partial charge >= 0.3 is 0 Å². The lowest BCUT2D eigenvalue weighted by molar-refractivity contribution is 0.313. The summed E-state index contributed by atoms with van der Waals surface area (Å²) in [7, 11) is 0. The number of aryl methyl sites for hydroxylation is 1. The third-order valence-corrected chi connectivity index (χ3v) is 4.03. The normalized spacial score (nSPS) is 10.8. The van der Waals surface area contributed by atoms with Gasteiger partial charge in [-0.25, -0.2) is 4.98 Å². The number of aromatic nitrogens is 1. The Bertz CT molecular complexity index is 723. The standard InChI is InChI=1S/C15H12ClNOS/c1-10-5-6-11-3-2-4-13(15(11)17-10)18-9-12-7-8-14(16)19-12/h2-8H,9H2,1H3. The van der Waals surface area contributed by atoms with Crippen LogP contribution in [0.15, 0.2) is 42.5 Å². The van der Waals surface area contributed by atoms with Gasteiger partial charge in [0.15, 0.2) is 0 Å². The zero-order valence-electron chi connectivity index (χ0n) is 10.4. The van der Waals surface area contributed by atoms with Crippen molar-refractivity contribution in [1.29, 1.82) is 0 Å². The number of para-hydroxylation sites is 1. The van der Waals surface area contributed by atoms with Crippen molar-refractivity contribution in [1.82, 2.24) is 4.98 Å². The van der Waals surface area contributed by atoms with E-state index in [9.17, 15) is 0 Å². The summed E-state index contributed by atoms with van der Waals surface area (Å²) in [5.41, 5.74) is 1.90. The number of benzene rings is 1.